The molecule has 2 aliphatic heterocycles. The summed E-state index contributed by atoms with van der Waals surface area (Å²) in [5.74, 6) is -0.784. The molecule has 3 aromatic rings. The molecule has 2 atom stereocenters. The maximum atomic E-state index is 15.6. The Morgan fingerprint density at radius 1 is 1.07 bits per heavy atom. The SMILES string of the molecule is CCC(O)(CN1CCN(C)CC1)c1cc(F)c2c(c1)C(=O)N(Cc1ncc(Cl)cn1)C2OCCO.Clc1ccccc1. The smallest absolute Gasteiger partial charge is 0.257 e. The monoisotopic (exact) mass is 619 g/mol. The maximum Gasteiger partial charge on any atom is 0.257 e. The molecule has 12 heteroatoms. The number of benzene rings is 2. The first-order chi connectivity index (χ1) is 20.1. The van der Waals surface area contributed by atoms with Gasteiger partial charge in [0.25, 0.3) is 5.91 Å². The lowest BCUT2D eigenvalue weighted by molar-refractivity contribution is -0.0555. The minimum atomic E-state index is -1.32. The Hall–Kier alpha value is -2.70. The molecule has 0 aliphatic carbocycles. The number of rotatable bonds is 9. The number of hydrogen-bond acceptors (Lipinski definition) is 8. The van der Waals surface area contributed by atoms with Gasteiger partial charge in [0, 0.05) is 55.7 Å². The summed E-state index contributed by atoms with van der Waals surface area (Å²) in [4.78, 5) is 27.4. The van der Waals surface area contributed by atoms with E-state index in [9.17, 15) is 15.0 Å². The van der Waals surface area contributed by atoms with Gasteiger partial charge in [-0.05, 0) is 43.3 Å². The van der Waals surface area contributed by atoms with E-state index in [2.05, 4.69) is 26.8 Å². The second-order valence-corrected chi connectivity index (χ2v) is 11.2. The number of hydrogen-bond donors (Lipinski definition) is 2. The van der Waals surface area contributed by atoms with Gasteiger partial charge in [-0.1, -0.05) is 48.3 Å². The number of piperazine rings is 1. The summed E-state index contributed by atoms with van der Waals surface area (Å²) in [6.07, 6.45) is 2.14. The lowest BCUT2D eigenvalue weighted by atomic mass is 9.88. The highest BCUT2D eigenvalue weighted by atomic mass is 35.5. The minimum Gasteiger partial charge on any atom is -0.394 e. The van der Waals surface area contributed by atoms with Crippen LogP contribution in [-0.4, -0.2) is 93.8 Å². The molecule has 9 nitrogen and oxygen atoms in total. The molecule has 0 radical (unpaired) electrons. The lowest BCUT2D eigenvalue weighted by Gasteiger charge is -2.38. The molecular formula is C30H36Cl2FN5O4. The number of halogens is 3. The number of β-amino-alcohol motifs (C(OH)–C–C–N with tert-alkyl or cyclic N) is 1. The first kappa shape index (κ1) is 32.2. The molecule has 2 aliphatic rings. The van der Waals surface area contributed by atoms with Crippen LogP contribution in [0.3, 0.4) is 0 Å². The van der Waals surface area contributed by atoms with Crippen LogP contribution >= 0.6 is 23.2 Å². The van der Waals surface area contributed by atoms with Gasteiger partial charge >= 0.3 is 0 Å². The predicted octanol–water partition coefficient (Wildman–Crippen LogP) is 4.12. The third-order valence-corrected chi connectivity index (χ3v) is 7.89. The fourth-order valence-electron chi connectivity index (χ4n) is 4.99. The number of carbonyl (C=O) groups is 1. The molecule has 5 rings (SSSR count). The van der Waals surface area contributed by atoms with Gasteiger partial charge in [0.1, 0.15) is 17.2 Å². The molecule has 0 spiro atoms. The number of aliphatic hydroxyl groups excluding tert-OH is 1. The zero-order valence-electron chi connectivity index (χ0n) is 23.7. The third kappa shape index (κ3) is 7.82. The van der Waals surface area contributed by atoms with Crippen molar-refractivity contribution in [1.29, 1.82) is 0 Å². The molecule has 1 fully saturated rings. The van der Waals surface area contributed by atoms with Crippen molar-refractivity contribution in [3.8, 4) is 0 Å². The minimum absolute atomic E-state index is 0.0328. The zero-order chi connectivity index (χ0) is 30.3. The molecular weight excluding hydrogens is 584 g/mol. The Morgan fingerprint density at radius 3 is 2.31 bits per heavy atom. The summed E-state index contributed by atoms with van der Waals surface area (Å²) in [7, 11) is 2.06. The molecule has 2 N–H and O–H groups in total. The van der Waals surface area contributed by atoms with Gasteiger partial charge in [-0.25, -0.2) is 14.4 Å². The summed E-state index contributed by atoms with van der Waals surface area (Å²) in [6.45, 7) is 5.18. The fourth-order valence-corrected chi connectivity index (χ4v) is 5.24. The largest absolute Gasteiger partial charge is 0.394 e. The van der Waals surface area contributed by atoms with E-state index in [1.54, 1.807) is 6.07 Å². The molecule has 1 amide bonds. The highest BCUT2D eigenvalue weighted by Crippen LogP contribution is 2.40. The van der Waals surface area contributed by atoms with Crippen LogP contribution in [0.1, 0.15) is 46.9 Å². The maximum absolute atomic E-state index is 15.6. The van der Waals surface area contributed by atoms with E-state index in [1.165, 1.54) is 23.4 Å². The van der Waals surface area contributed by atoms with Crippen LogP contribution in [0.25, 0.3) is 0 Å². The van der Waals surface area contributed by atoms with Crippen LogP contribution in [-0.2, 0) is 16.9 Å². The van der Waals surface area contributed by atoms with Crippen molar-refractivity contribution in [3.63, 3.8) is 0 Å². The van der Waals surface area contributed by atoms with Crippen molar-refractivity contribution in [2.75, 3.05) is 53.0 Å². The molecule has 42 heavy (non-hydrogen) atoms. The normalized spacial score (nSPS) is 18.8. The third-order valence-electron chi connectivity index (χ3n) is 7.44. The van der Waals surface area contributed by atoms with Crippen molar-refractivity contribution in [2.45, 2.75) is 31.7 Å². The van der Waals surface area contributed by atoms with Crippen LogP contribution in [0.5, 0.6) is 0 Å². The van der Waals surface area contributed by atoms with E-state index < -0.39 is 23.6 Å². The van der Waals surface area contributed by atoms with Crippen LogP contribution in [0.15, 0.2) is 54.9 Å². The fraction of sp³-hybridized carbons (Fsp3) is 0.433. The average Bonchev–Trinajstić information content (AvgIpc) is 3.25. The molecule has 2 aromatic carbocycles. The summed E-state index contributed by atoms with van der Waals surface area (Å²) in [5, 5.41) is 22.0. The highest BCUT2D eigenvalue weighted by Gasteiger charge is 2.42. The number of likely N-dealkylation sites (N-methyl/N-ethyl adjacent to an activating group) is 1. The first-order valence-electron chi connectivity index (χ1n) is 13.8. The number of amides is 1. The van der Waals surface area contributed by atoms with E-state index in [-0.39, 0.29) is 30.9 Å². The quantitative estimate of drug-likeness (QED) is 0.369. The van der Waals surface area contributed by atoms with E-state index in [0.717, 1.165) is 31.2 Å². The lowest BCUT2D eigenvalue weighted by Crippen LogP contribution is -2.49. The molecule has 3 heterocycles. The number of aliphatic hydroxyl groups is 2. The van der Waals surface area contributed by atoms with Crippen molar-refractivity contribution >= 4 is 29.1 Å². The van der Waals surface area contributed by atoms with E-state index in [4.69, 9.17) is 27.9 Å². The van der Waals surface area contributed by atoms with Gasteiger partial charge in [0.05, 0.1) is 30.3 Å². The van der Waals surface area contributed by atoms with Crippen LogP contribution in [0.2, 0.25) is 10.0 Å². The average molecular weight is 621 g/mol. The van der Waals surface area contributed by atoms with Crippen LogP contribution in [0.4, 0.5) is 4.39 Å². The summed E-state index contributed by atoms with van der Waals surface area (Å²) in [5.41, 5.74) is -0.754. The van der Waals surface area contributed by atoms with Crippen LogP contribution < -0.4 is 0 Å². The summed E-state index contributed by atoms with van der Waals surface area (Å²) in [6, 6.07) is 12.3. The van der Waals surface area contributed by atoms with Gasteiger partial charge in [-0.15, -0.1) is 0 Å². The van der Waals surface area contributed by atoms with Gasteiger partial charge in [-0.2, -0.15) is 0 Å². The first-order valence-corrected chi connectivity index (χ1v) is 14.6. The topological polar surface area (TPSA) is 102 Å². The summed E-state index contributed by atoms with van der Waals surface area (Å²) < 4.78 is 21.2. The van der Waals surface area contributed by atoms with E-state index >= 15 is 4.39 Å². The summed E-state index contributed by atoms with van der Waals surface area (Å²) >= 11 is 11.4. The Balaban J connectivity index is 0.000000507. The molecule has 0 saturated carbocycles. The predicted molar refractivity (Wildman–Crippen MR) is 159 cm³/mol. The number of carbonyl (C=O) groups excluding carboxylic acids is 1. The van der Waals surface area contributed by atoms with Crippen molar-refractivity contribution in [1.82, 2.24) is 24.7 Å². The Labute approximate surface area is 255 Å². The molecule has 226 valence electrons. The molecule has 1 saturated heterocycles. The number of nitrogens with zero attached hydrogens (tertiary/aromatic N) is 5. The standard InChI is InChI=1S/C24H31ClFN5O4.C6H5Cl/c1-3-24(34,15-30-6-4-29(2)5-7-30)16-10-18-21(19(26)11-16)23(35-9-8-32)31(22(18)33)14-20-27-12-17(25)13-28-20;7-6-4-2-1-3-5-6/h10-13,23,32,34H,3-9,14-15H2,1-2H3;1-5H. The second kappa shape index (κ2) is 14.7. The van der Waals surface area contributed by atoms with E-state index in [1.807, 2.05) is 37.3 Å². The van der Waals surface area contributed by atoms with Crippen molar-refractivity contribution in [3.05, 3.63) is 93.2 Å². The number of ether oxygens (including phenoxy) is 1. The van der Waals surface area contributed by atoms with Gasteiger partial charge in [-0.3, -0.25) is 9.69 Å². The van der Waals surface area contributed by atoms with Gasteiger partial charge < -0.3 is 24.7 Å². The molecule has 1 aromatic heterocycles. The van der Waals surface area contributed by atoms with Gasteiger partial charge in [0.15, 0.2) is 6.23 Å². The van der Waals surface area contributed by atoms with Crippen molar-refractivity contribution in [2.24, 2.45) is 0 Å². The Bertz CT molecular complexity index is 1330. The van der Waals surface area contributed by atoms with E-state index in [0.29, 0.717) is 29.4 Å². The van der Waals surface area contributed by atoms with Crippen molar-refractivity contribution < 1.29 is 24.1 Å². The van der Waals surface area contributed by atoms with Gasteiger partial charge in [0.2, 0.25) is 0 Å². The zero-order valence-corrected chi connectivity index (χ0v) is 25.2. The molecule has 2 unspecified atom stereocenters. The Kier molecular flexibility index (Phi) is 11.2. The number of fused-ring (bicyclic) bond motifs is 1. The second-order valence-electron chi connectivity index (χ2n) is 10.4. The highest BCUT2D eigenvalue weighted by molar-refractivity contribution is 6.30. The molecule has 0 bridgehead atoms. The Morgan fingerprint density at radius 2 is 1.74 bits per heavy atom. The number of aromatic nitrogens is 2. The van der Waals surface area contributed by atoms with Crippen LogP contribution in [0, 0.1) is 5.82 Å².